The maximum absolute atomic E-state index is 12.3. The number of rotatable bonds is 6. The Bertz CT molecular complexity index is 865. The quantitative estimate of drug-likeness (QED) is 0.665. The summed E-state index contributed by atoms with van der Waals surface area (Å²) in [6.07, 6.45) is 6.89. The molecule has 0 aromatic carbocycles. The van der Waals surface area contributed by atoms with Gasteiger partial charge in [-0.1, -0.05) is 6.92 Å². The largest absolute Gasteiger partial charge is 0.351 e. The minimum absolute atomic E-state index is 0.0265. The number of amides is 1. The zero-order valence-corrected chi connectivity index (χ0v) is 16.2. The number of likely N-dealkylation sites (tertiary alicyclic amines) is 1. The topological polar surface area (TPSA) is 49.6 Å². The molecule has 4 heterocycles. The fourth-order valence-electron chi connectivity index (χ4n) is 3.60. The van der Waals surface area contributed by atoms with Gasteiger partial charge in [-0.2, -0.15) is 0 Å². The van der Waals surface area contributed by atoms with Gasteiger partial charge in [0.15, 0.2) is 4.96 Å². The molecule has 4 rings (SSSR count). The van der Waals surface area contributed by atoms with Crippen LogP contribution >= 0.6 is 22.7 Å². The van der Waals surface area contributed by atoms with Crippen molar-refractivity contribution in [3.63, 3.8) is 0 Å². The Labute approximate surface area is 155 Å². The lowest BCUT2D eigenvalue weighted by Gasteiger charge is -2.30. The van der Waals surface area contributed by atoms with E-state index in [2.05, 4.69) is 22.1 Å². The van der Waals surface area contributed by atoms with Crippen LogP contribution in [0.25, 0.3) is 15.3 Å². The summed E-state index contributed by atoms with van der Waals surface area (Å²) in [6.45, 7) is 6.72. The van der Waals surface area contributed by atoms with Crippen LogP contribution in [-0.2, 0) is 0 Å². The highest BCUT2D eigenvalue weighted by Gasteiger charge is 2.16. The molecular formula is C18H24N4OS2. The lowest BCUT2D eigenvalue weighted by Crippen LogP contribution is -2.35. The molecule has 1 saturated heterocycles. The van der Waals surface area contributed by atoms with Gasteiger partial charge in [-0.15, -0.1) is 22.7 Å². The van der Waals surface area contributed by atoms with Gasteiger partial charge < -0.3 is 10.2 Å². The number of piperidine rings is 1. The van der Waals surface area contributed by atoms with Crippen LogP contribution in [0.3, 0.4) is 0 Å². The van der Waals surface area contributed by atoms with Crippen molar-refractivity contribution in [2.45, 2.75) is 32.6 Å². The average molecular weight is 377 g/mol. The number of unbranched alkanes of at least 4 members (excludes halogenated alkanes) is 1. The number of thiophene rings is 1. The molecule has 1 fully saturated rings. The number of hydrogen-bond acceptors (Lipinski definition) is 5. The monoisotopic (exact) mass is 376 g/mol. The third kappa shape index (κ3) is 3.73. The third-order valence-corrected chi connectivity index (χ3v) is 6.66. The fraction of sp³-hybridized carbons (Fsp3) is 0.556. The van der Waals surface area contributed by atoms with E-state index in [9.17, 15) is 4.79 Å². The predicted molar refractivity (Wildman–Crippen MR) is 105 cm³/mol. The molecule has 1 aliphatic rings. The summed E-state index contributed by atoms with van der Waals surface area (Å²) in [7, 11) is 0. The summed E-state index contributed by atoms with van der Waals surface area (Å²) >= 11 is 3.09. The Morgan fingerprint density at radius 1 is 1.44 bits per heavy atom. The lowest BCUT2D eigenvalue weighted by atomic mass is 10.0. The molecule has 3 aromatic rings. The summed E-state index contributed by atoms with van der Waals surface area (Å²) in [4.78, 5) is 22.2. The second-order valence-corrected chi connectivity index (χ2v) is 8.88. The molecule has 1 aliphatic heterocycles. The number of nitrogens with zero attached hydrogens (tertiary/aromatic N) is 3. The minimum atomic E-state index is 0.0265. The molecule has 3 aromatic heterocycles. The van der Waals surface area contributed by atoms with E-state index in [1.54, 1.807) is 11.3 Å². The van der Waals surface area contributed by atoms with Crippen LogP contribution in [0, 0.1) is 5.92 Å². The number of thiazole rings is 1. The summed E-state index contributed by atoms with van der Waals surface area (Å²) < 4.78 is 2.05. The Morgan fingerprint density at radius 2 is 2.36 bits per heavy atom. The molecule has 0 bridgehead atoms. The summed E-state index contributed by atoms with van der Waals surface area (Å²) in [6, 6.07) is 1.96. The van der Waals surface area contributed by atoms with Crippen molar-refractivity contribution in [1.29, 1.82) is 0 Å². The highest BCUT2D eigenvalue weighted by Crippen LogP contribution is 2.28. The van der Waals surface area contributed by atoms with Gasteiger partial charge >= 0.3 is 0 Å². The molecule has 0 saturated carbocycles. The van der Waals surface area contributed by atoms with Gasteiger partial charge in [-0.05, 0) is 50.8 Å². The molecule has 1 amide bonds. The number of fused-ring (bicyclic) bond motifs is 3. The van der Waals surface area contributed by atoms with Crippen molar-refractivity contribution >= 4 is 43.9 Å². The first-order valence-electron chi connectivity index (χ1n) is 9.06. The molecule has 25 heavy (non-hydrogen) atoms. The van der Waals surface area contributed by atoms with E-state index in [4.69, 9.17) is 0 Å². The second kappa shape index (κ2) is 7.43. The molecule has 134 valence electrons. The molecule has 0 spiro atoms. The molecule has 7 heteroatoms. The van der Waals surface area contributed by atoms with Gasteiger partial charge in [0.1, 0.15) is 4.83 Å². The van der Waals surface area contributed by atoms with Crippen molar-refractivity contribution < 1.29 is 4.79 Å². The first-order valence-corrected chi connectivity index (χ1v) is 10.8. The van der Waals surface area contributed by atoms with Gasteiger partial charge in [-0.25, -0.2) is 4.98 Å². The first-order chi connectivity index (χ1) is 12.2. The first kappa shape index (κ1) is 17.0. The Balaban J connectivity index is 1.24. The van der Waals surface area contributed by atoms with E-state index in [1.807, 2.05) is 22.0 Å². The lowest BCUT2D eigenvalue weighted by molar-refractivity contribution is 0.0956. The van der Waals surface area contributed by atoms with Gasteiger partial charge in [-0.3, -0.25) is 9.20 Å². The number of carbonyl (C=O) groups is 1. The van der Waals surface area contributed by atoms with Crippen molar-refractivity contribution in [1.82, 2.24) is 19.6 Å². The Morgan fingerprint density at radius 3 is 3.24 bits per heavy atom. The second-order valence-electron chi connectivity index (χ2n) is 6.98. The average Bonchev–Trinajstić information content (AvgIpc) is 3.26. The molecular weight excluding hydrogens is 352 g/mol. The summed E-state index contributed by atoms with van der Waals surface area (Å²) in [5.41, 5.74) is 1.03. The van der Waals surface area contributed by atoms with Crippen molar-refractivity contribution in [3.8, 4) is 0 Å². The molecule has 5 nitrogen and oxygen atoms in total. The highest BCUT2D eigenvalue weighted by molar-refractivity contribution is 7.21. The smallest absolute Gasteiger partial charge is 0.261 e. The zero-order chi connectivity index (χ0) is 17.2. The van der Waals surface area contributed by atoms with Crippen molar-refractivity contribution in [2.24, 2.45) is 5.92 Å². The van der Waals surface area contributed by atoms with Crippen molar-refractivity contribution in [2.75, 3.05) is 26.2 Å². The van der Waals surface area contributed by atoms with Crippen LogP contribution in [0.4, 0.5) is 0 Å². The standard InChI is InChI=1S/C18H24N4OS2/c1-13-5-4-8-21(12-13)7-3-2-6-19-16(23)15-11-14-17(25-15)20-18-22(14)9-10-24-18/h9-11,13H,2-8,12H2,1H3,(H,19,23). The summed E-state index contributed by atoms with van der Waals surface area (Å²) in [5.74, 6) is 0.861. The molecule has 1 N–H and O–H groups in total. The van der Waals surface area contributed by atoms with E-state index in [1.165, 1.54) is 37.3 Å². The van der Waals surface area contributed by atoms with Gasteiger partial charge in [0.25, 0.3) is 5.91 Å². The van der Waals surface area contributed by atoms with E-state index in [0.717, 1.165) is 52.0 Å². The molecule has 1 unspecified atom stereocenters. The van der Waals surface area contributed by atoms with E-state index < -0.39 is 0 Å². The molecule has 0 aliphatic carbocycles. The van der Waals surface area contributed by atoms with Gasteiger partial charge in [0.05, 0.1) is 10.4 Å². The van der Waals surface area contributed by atoms with Crippen LogP contribution in [0.5, 0.6) is 0 Å². The van der Waals surface area contributed by atoms with E-state index >= 15 is 0 Å². The zero-order valence-electron chi connectivity index (χ0n) is 14.5. The maximum Gasteiger partial charge on any atom is 0.261 e. The molecule has 1 atom stereocenters. The van der Waals surface area contributed by atoms with Crippen LogP contribution in [0.15, 0.2) is 17.6 Å². The minimum Gasteiger partial charge on any atom is -0.351 e. The van der Waals surface area contributed by atoms with E-state index in [0.29, 0.717) is 0 Å². The number of nitrogens with one attached hydrogen (secondary N) is 1. The van der Waals surface area contributed by atoms with Gasteiger partial charge in [0.2, 0.25) is 0 Å². The van der Waals surface area contributed by atoms with Crippen molar-refractivity contribution in [3.05, 3.63) is 22.5 Å². The highest BCUT2D eigenvalue weighted by atomic mass is 32.1. The van der Waals surface area contributed by atoms with Crippen LogP contribution in [-0.4, -0.2) is 46.4 Å². The van der Waals surface area contributed by atoms with Crippen LogP contribution < -0.4 is 5.32 Å². The van der Waals surface area contributed by atoms with Gasteiger partial charge in [0, 0.05) is 24.7 Å². The third-order valence-electron chi connectivity index (χ3n) is 4.89. The summed E-state index contributed by atoms with van der Waals surface area (Å²) in [5, 5.41) is 5.07. The van der Waals surface area contributed by atoms with Crippen LogP contribution in [0.1, 0.15) is 42.3 Å². The Kier molecular flexibility index (Phi) is 5.05. The number of hydrogen-bond donors (Lipinski definition) is 1. The maximum atomic E-state index is 12.3. The number of imidazole rings is 1. The SMILES string of the molecule is CC1CCCN(CCCCNC(=O)c2cc3c(nc4sccn43)s2)C1. The Hall–Kier alpha value is -1.44. The van der Waals surface area contributed by atoms with E-state index in [-0.39, 0.29) is 5.91 Å². The normalized spacial score (nSPS) is 19.0. The number of carbonyl (C=O) groups excluding carboxylic acids is 1. The fourth-order valence-corrected chi connectivity index (χ4v) is 5.32. The predicted octanol–water partition coefficient (Wildman–Crippen LogP) is 3.85. The molecule has 0 radical (unpaired) electrons. The number of aromatic nitrogens is 2. The van der Waals surface area contributed by atoms with Crippen LogP contribution in [0.2, 0.25) is 0 Å².